The maximum absolute atomic E-state index is 11.7. The number of hydrogen-bond acceptors (Lipinski definition) is 4. The van der Waals surface area contributed by atoms with Crippen molar-refractivity contribution in [3.63, 3.8) is 0 Å². The zero-order valence-electron chi connectivity index (χ0n) is 13.8. The van der Waals surface area contributed by atoms with Crippen molar-refractivity contribution >= 4 is 5.97 Å². The summed E-state index contributed by atoms with van der Waals surface area (Å²) < 4.78 is 5.52. The first-order valence-corrected chi connectivity index (χ1v) is 8.22. The number of benzene rings is 1. The van der Waals surface area contributed by atoms with E-state index in [9.17, 15) is 9.90 Å². The van der Waals surface area contributed by atoms with E-state index in [-0.39, 0.29) is 6.04 Å². The summed E-state index contributed by atoms with van der Waals surface area (Å²) in [5.74, 6) is 0.0305. The topological polar surface area (TPSA) is 62.7 Å². The van der Waals surface area contributed by atoms with Gasteiger partial charge >= 0.3 is 5.97 Å². The highest BCUT2D eigenvalue weighted by molar-refractivity contribution is 5.74. The normalized spacial score (nSPS) is 19.1. The zero-order chi connectivity index (χ0) is 16.9. The van der Waals surface area contributed by atoms with Gasteiger partial charge < -0.3 is 9.84 Å². The average molecular weight is 326 g/mol. The van der Waals surface area contributed by atoms with Crippen LogP contribution in [0.25, 0.3) is 0 Å². The van der Waals surface area contributed by atoms with Crippen molar-refractivity contribution in [1.29, 1.82) is 0 Å². The molecule has 2 unspecified atom stereocenters. The molecule has 1 saturated heterocycles. The molecular formula is C19H22N2O3. The smallest absolute Gasteiger partial charge is 0.320 e. The lowest BCUT2D eigenvalue weighted by molar-refractivity contribution is -0.143. The molecule has 2 atom stereocenters. The van der Waals surface area contributed by atoms with E-state index >= 15 is 0 Å². The Hall–Kier alpha value is -2.40. The summed E-state index contributed by atoms with van der Waals surface area (Å²) in [6.45, 7) is 0.770. The highest BCUT2D eigenvalue weighted by atomic mass is 16.5. The molecule has 1 aliphatic heterocycles. The minimum Gasteiger partial charge on any atom is -0.496 e. The fourth-order valence-corrected chi connectivity index (χ4v) is 3.49. The van der Waals surface area contributed by atoms with Crippen LogP contribution in [0.4, 0.5) is 0 Å². The number of aliphatic carboxylic acids is 1. The number of hydrogen-bond donors (Lipinski definition) is 1. The van der Waals surface area contributed by atoms with Crippen LogP contribution >= 0.6 is 0 Å². The fourth-order valence-electron chi connectivity index (χ4n) is 3.49. The highest BCUT2D eigenvalue weighted by Gasteiger charge is 2.37. The second kappa shape index (κ2) is 7.45. The first kappa shape index (κ1) is 16.5. The van der Waals surface area contributed by atoms with Gasteiger partial charge in [0.2, 0.25) is 0 Å². The molecule has 0 radical (unpaired) electrons. The van der Waals surface area contributed by atoms with Crippen molar-refractivity contribution in [3.05, 3.63) is 59.9 Å². The van der Waals surface area contributed by atoms with Crippen LogP contribution in [-0.2, 0) is 11.2 Å². The number of rotatable bonds is 6. The van der Waals surface area contributed by atoms with Gasteiger partial charge in [0.25, 0.3) is 0 Å². The Morgan fingerprint density at radius 1 is 1.33 bits per heavy atom. The summed E-state index contributed by atoms with van der Waals surface area (Å²) in [7, 11) is 1.65. The van der Waals surface area contributed by atoms with Crippen LogP contribution < -0.4 is 4.74 Å². The molecule has 1 aromatic heterocycles. The van der Waals surface area contributed by atoms with Gasteiger partial charge in [-0.3, -0.25) is 14.7 Å². The Balaban J connectivity index is 1.99. The largest absolute Gasteiger partial charge is 0.496 e. The summed E-state index contributed by atoms with van der Waals surface area (Å²) >= 11 is 0. The summed E-state index contributed by atoms with van der Waals surface area (Å²) in [6.07, 6.45) is 4.01. The lowest BCUT2D eigenvalue weighted by Crippen LogP contribution is -2.39. The number of likely N-dealkylation sites (tertiary alicyclic amines) is 1. The molecule has 2 heterocycles. The molecule has 2 aromatic rings. The van der Waals surface area contributed by atoms with Crippen molar-refractivity contribution < 1.29 is 14.6 Å². The summed E-state index contributed by atoms with van der Waals surface area (Å²) in [5.41, 5.74) is 1.96. The van der Waals surface area contributed by atoms with Crippen LogP contribution in [0.15, 0.2) is 48.7 Å². The van der Waals surface area contributed by atoms with E-state index in [2.05, 4.69) is 9.88 Å². The van der Waals surface area contributed by atoms with Gasteiger partial charge in [-0.05, 0) is 37.6 Å². The molecule has 5 nitrogen and oxygen atoms in total. The monoisotopic (exact) mass is 326 g/mol. The van der Waals surface area contributed by atoms with Gasteiger partial charge in [-0.2, -0.15) is 0 Å². The average Bonchev–Trinajstić information content (AvgIpc) is 3.10. The standard InChI is InChI=1S/C19H22N2O3/c1-24-18-10-3-2-8-15(18)17(13-14-7-4-5-11-20-14)21-12-6-9-16(21)19(22)23/h2-5,7-8,10-11,16-17H,6,9,12-13H2,1H3,(H,22,23). The van der Waals surface area contributed by atoms with Crippen molar-refractivity contribution in [2.24, 2.45) is 0 Å². The van der Waals surface area contributed by atoms with Crippen molar-refractivity contribution in [1.82, 2.24) is 9.88 Å². The molecular weight excluding hydrogens is 304 g/mol. The zero-order valence-corrected chi connectivity index (χ0v) is 13.8. The SMILES string of the molecule is COc1ccccc1C(Cc1ccccn1)N1CCCC1C(=O)O. The molecule has 1 aromatic carbocycles. The molecule has 24 heavy (non-hydrogen) atoms. The number of nitrogens with zero attached hydrogens (tertiary/aromatic N) is 2. The highest BCUT2D eigenvalue weighted by Crippen LogP contribution is 2.36. The fraction of sp³-hybridized carbons (Fsp3) is 0.368. The second-order valence-corrected chi connectivity index (χ2v) is 6.02. The minimum atomic E-state index is -0.756. The van der Waals surface area contributed by atoms with E-state index in [1.54, 1.807) is 13.3 Å². The number of para-hydroxylation sites is 1. The van der Waals surface area contributed by atoms with Gasteiger partial charge in [-0.25, -0.2) is 0 Å². The number of aromatic nitrogens is 1. The first-order chi connectivity index (χ1) is 11.7. The van der Waals surface area contributed by atoms with Gasteiger partial charge in [0.1, 0.15) is 11.8 Å². The van der Waals surface area contributed by atoms with Crippen molar-refractivity contribution in [2.75, 3.05) is 13.7 Å². The van der Waals surface area contributed by atoms with Crippen LogP contribution in [0.1, 0.15) is 30.1 Å². The van der Waals surface area contributed by atoms with E-state index in [1.165, 1.54) is 0 Å². The van der Waals surface area contributed by atoms with Gasteiger partial charge in [0.05, 0.1) is 7.11 Å². The number of carboxylic acids is 1. The molecule has 1 fully saturated rings. The third-order valence-electron chi connectivity index (χ3n) is 4.61. The number of carboxylic acid groups (broad SMARTS) is 1. The van der Waals surface area contributed by atoms with Crippen LogP contribution in [0.2, 0.25) is 0 Å². The maximum Gasteiger partial charge on any atom is 0.320 e. The van der Waals surface area contributed by atoms with Crippen LogP contribution in [0.3, 0.4) is 0 Å². The predicted molar refractivity (Wildman–Crippen MR) is 91.0 cm³/mol. The van der Waals surface area contributed by atoms with Gasteiger partial charge in [-0.15, -0.1) is 0 Å². The van der Waals surface area contributed by atoms with E-state index in [4.69, 9.17) is 4.74 Å². The lowest BCUT2D eigenvalue weighted by Gasteiger charge is -2.32. The van der Waals surface area contributed by atoms with Crippen molar-refractivity contribution in [2.45, 2.75) is 31.3 Å². The third kappa shape index (κ3) is 3.41. The Kier molecular flexibility index (Phi) is 5.11. The molecule has 0 aliphatic carbocycles. The van der Waals surface area contributed by atoms with E-state index in [0.29, 0.717) is 12.8 Å². The molecule has 0 amide bonds. The van der Waals surface area contributed by atoms with Crippen LogP contribution in [0, 0.1) is 0 Å². The summed E-state index contributed by atoms with van der Waals surface area (Å²) in [4.78, 5) is 18.2. The third-order valence-corrected chi connectivity index (χ3v) is 4.61. The van der Waals surface area contributed by atoms with E-state index in [0.717, 1.165) is 30.0 Å². The Morgan fingerprint density at radius 2 is 2.12 bits per heavy atom. The summed E-state index contributed by atoms with van der Waals surface area (Å²) in [5, 5.41) is 9.58. The quantitative estimate of drug-likeness (QED) is 0.884. The molecule has 1 N–H and O–H groups in total. The van der Waals surface area contributed by atoms with Gasteiger partial charge in [0.15, 0.2) is 0 Å². The Morgan fingerprint density at radius 3 is 2.83 bits per heavy atom. The van der Waals surface area contributed by atoms with Gasteiger partial charge in [-0.1, -0.05) is 24.3 Å². The second-order valence-electron chi connectivity index (χ2n) is 6.02. The lowest BCUT2D eigenvalue weighted by atomic mass is 9.98. The van der Waals surface area contributed by atoms with Crippen LogP contribution in [-0.4, -0.2) is 40.7 Å². The molecule has 0 saturated carbocycles. The Labute approximate surface area is 141 Å². The molecule has 3 rings (SSSR count). The molecule has 0 spiro atoms. The van der Waals surface area contributed by atoms with Crippen LogP contribution in [0.5, 0.6) is 5.75 Å². The first-order valence-electron chi connectivity index (χ1n) is 8.22. The van der Waals surface area contributed by atoms with E-state index < -0.39 is 12.0 Å². The predicted octanol–water partition coefficient (Wildman–Crippen LogP) is 2.92. The van der Waals surface area contributed by atoms with Gasteiger partial charge in [0, 0.05) is 29.9 Å². The van der Waals surface area contributed by atoms with E-state index in [1.807, 2.05) is 42.5 Å². The molecule has 5 heteroatoms. The number of ether oxygens (including phenoxy) is 1. The summed E-state index contributed by atoms with van der Waals surface area (Å²) in [6, 6.07) is 13.1. The number of pyridine rings is 1. The minimum absolute atomic E-state index is 0.0698. The molecule has 0 bridgehead atoms. The molecule has 126 valence electrons. The number of carbonyl (C=O) groups is 1. The Bertz CT molecular complexity index is 690. The number of methoxy groups -OCH3 is 1. The van der Waals surface area contributed by atoms with Crippen molar-refractivity contribution in [3.8, 4) is 5.75 Å². The molecule has 1 aliphatic rings. The maximum atomic E-state index is 11.7.